The summed E-state index contributed by atoms with van der Waals surface area (Å²) in [5, 5.41) is 7.12. The quantitative estimate of drug-likeness (QED) is 0.751. The molecule has 1 unspecified atom stereocenters. The number of amides is 1. The first kappa shape index (κ1) is 19.4. The Labute approximate surface area is 150 Å². The third-order valence-corrected chi connectivity index (χ3v) is 6.26. The van der Waals surface area contributed by atoms with Crippen LogP contribution in [0, 0.1) is 17.8 Å². The van der Waals surface area contributed by atoms with Crippen LogP contribution in [-0.4, -0.2) is 78.4 Å². The Hall–Kier alpha value is -1.35. The first-order valence-corrected chi connectivity index (χ1v) is 9.04. The van der Waals surface area contributed by atoms with Crippen LogP contribution in [0.2, 0.25) is 0 Å². The Morgan fingerprint density at radius 2 is 1.62 bits per heavy atom. The van der Waals surface area contributed by atoms with Gasteiger partial charge in [0, 0.05) is 31.1 Å². The molecule has 3 heterocycles. The second-order valence-corrected chi connectivity index (χ2v) is 7.81. The Morgan fingerprint density at radius 1 is 1.08 bits per heavy atom. The number of carboxylic acid groups (broad SMARTS) is 1. The van der Waals surface area contributed by atoms with Gasteiger partial charge in [0.1, 0.15) is 0 Å². The summed E-state index contributed by atoms with van der Waals surface area (Å²) in [6, 6.07) is 0. The molecule has 26 heavy (non-hydrogen) atoms. The number of hydrogen-bond donors (Lipinski definition) is 1. The van der Waals surface area contributed by atoms with Crippen LogP contribution < -0.4 is 0 Å². The zero-order valence-corrected chi connectivity index (χ0v) is 14.8. The number of ether oxygens (including phenoxy) is 1. The fourth-order valence-electron chi connectivity index (χ4n) is 4.62. The van der Waals surface area contributed by atoms with Crippen LogP contribution in [-0.2, 0) is 14.3 Å². The minimum absolute atomic E-state index is 0.210. The van der Waals surface area contributed by atoms with Crippen molar-refractivity contribution in [1.29, 1.82) is 0 Å². The van der Waals surface area contributed by atoms with E-state index in [1.54, 1.807) is 0 Å². The van der Waals surface area contributed by atoms with E-state index in [0.717, 1.165) is 32.8 Å². The summed E-state index contributed by atoms with van der Waals surface area (Å²) in [6.07, 6.45) is -0.305. The Balaban J connectivity index is 0.000000242. The molecule has 1 amide bonds. The number of aliphatic carboxylic acids is 1. The fourth-order valence-corrected chi connectivity index (χ4v) is 4.62. The van der Waals surface area contributed by atoms with E-state index in [-0.39, 0.29) is 5.54 Å². The highest BCUT2D eigenvalue weighted by atomic mass is 19.4. The largest absolute Gasteiger partial charge is 0.490 e. The lowest BCUT2D eigenvalue weighted by molar-refractivity contribution is -0.192. The van der Waals surface area contributed by atoms with E-state index in [1.807, 2.05) is 0 Å². The van der Waals surface area contributed by atoms with Crippen LogP contribution in [0.3, 0.4) is 0 Å². The van der Waals surface area contributed by atoms with Gasteiger partial charge in [0.25, 0.3) is 0 Å². The molecule has 1 aliphatic carbocycles. The summed E-state index contributed by atoms with van der Waals surface area (Å²) in [6.45, 7) is 4.93. The van der Waals surface area contributed by atoms with Crippen molar-refractivity contribution in [1.82, 2.24) is 9.80 Å². The van der Waals surface area contributed by atoms with Crippen molar-refractivity contribution in [2.45, 2.75) is 37.4 Å². The number of hydrogen-bond acceptors (Lipinski definition) is 4. The number of rotatable bonds is 1. The lowest BCUT2D eigenvalue weighted by Gasteiger charge is -2.44. The van der Waals surface area contributed by atoms with E-state index in [1.165, 1.54) is 25.7 Å². The molecule has 4 rings (SSSR count). The maximum Gasteiger partial charge on any atom is 0.490 e. The van der Waals surface area contributed by atoms with E-state index in [4.69, 9.17) is 14.6 Å². The number of piperidine rings is 1. The van der Waals surface area contributed by atoms with Gasteiger partial charge in [-0.1, -0.05) is 0 Å². The number of alkyl halides is 3. The zero-order chi connectivity index (χ0) is 19.1. The van der Waals surface area contributed by atoms with Crippen molar-refractivity contribution in [3.05, 3.63) is 0 Å². The molecule has 0 aromatic carbocycles. The van der Waals surface area contributed by atoms with Crippen LogP contribution in [0.25, 0.3) is 0 Å². The standard InChI is InChI=1S/C15H24N2O2.C2HF3O2/c1-16-7-4-15(5-8-16)3-2-6-17(15)14(18)13-11-9-19-10-12(11)13;3-2(4,5)1(6)7/h11-13H,2-10H2,1H3;(H,6,7)/t11-,12+,13?;. The van der Waals surface area contributed by atoms with Crippen molar-refractivity contribution in [2.24, 2.45) is 17.8 Å². The number of carbonyl (C=O) groups is 2. The second kappa shape index (κ2) is 6.99. The molecule has 1 spiro atoms. The average Bonchev–Trinajstić information content (AvgIpc) is 2.92. The third kappa shape index (κ3) is 3.69. The highest BCUT2D eigenvalue weighted by Gasteiger charge is 2.61. The number of fused-ring (bicyclic) bond motifs is 1. The minimum Gasteiger partial charge on any atom is -0.475 e. The van der Waals surface area contributed by atoms with Crippen LogP contribution in [0.4, 0.5) is 13.2 Å². The molecule has 4 aliphatic rings. The normalized spacial score (nSPS) is 32.8. The van der Waals surface area contributed by atoms with Gasteiger partial charge < -0.3 is 19.6 Å². The molecule has 6 nitrogen and oxygen atoms in total. The molecule has 1 N–H and O–H groups in total. The van der Waals surface area contributed by atoms with E-state index in [2.05, 4.69) is 16.8 Å². The number of halogens is 3. The predicted octanol–water partition coefficient (Wildman–Crippen LogP) is 1.60. The van der Waals surface area contributed by atoms with E-state index >= 15 is 0 Å². The molecule has 0 radical (unpaired) electrons. The summed E-state index contributed by atoms with van der Waals surface area (Å²) < 4.78 is 37.2. The van der Waals surface area contributed by atoms with Gasteiger partial charge in [-0.2, -0.15) is 13.2 Å². The molecule has 3 atom stereocenters. The average molecular weight is 378 g/mol. The molecular weight excluding hydrogens is 353 g/mol. The fraction of sp³-hybridized carbons (Fsp3) is 0.882. The van der Waals surface area contributed by atoms with Crippen LogP contribution in [0.1, 0.15) is 25.7 Å². The summed E-state index contributed by atoms with van der Waals surface area (Å²) in [5.41, 5.74) is 0.210. The molecule has 9 heteroatoms. The van der Waals surface area contributed by atoms with Crippen molar-refractivity contribution in [3.63, 3.8) is 0 Å². The van der Waals surface area contributed by atoms with E-state index < -0.39 is 12.1 Å². The molecular formula is C17H25F3N2O4. The van der Waals surface area contributed by atoms with Gasteiger partial charge in [0.2, 0.25) is 5.91 Å². The van der Waals surface area contributed by atoms with Crippen molar-refractivity contribution in [2.75, 3.05) is 39.9 Å². The van der Waals surface area contributed by atoms with Crippen LogP contribution >= 0.6 is 0 Å². The summed E-state index contributed by atoms with van der Waals surface area (Å²) >= 11 is 0. The monoisotopic (exact) mass is 378 g/mol. The van der Waals surface area contributed by atoms with Gasteiger partial charge in [-0.05, 0) is 44.6 Å². The van der Waals surface area contributed by atoms with Gasteiger partial charge in [0.15, 0.2) is 0 Å². The van der Waals surface area contributed by atoms with E-state index in [9.17, 15) is 18.0 Å². The zero-order valence-electron chi connectivity index (χ0n) is 14.8. The second-order valence-electron chi connectivity index (χ2n) is 7.81. The first-order valence-electron chi connectivity index (χ1n) is 9.04. The van der Waals surface area contributed by atoms with Gasteiger partial charge in [-0.25, -0.2) is 4.79 Å². The van der Waals surface area contributed by atoms with Gasteiger partial charge in [-0.15, -0.1) is 0 Å². The smallest absolute Gasteiger partial charge is 0.475 e. The van der Waals surface area contributed by atoms with Gasteiger partial charge in [-0.3, -0.25) is 4.79 Å². The molecule has 0 aromatic heterocycles. The van der Waals surface area contributed by atoms with Crippen molar-refractivity contribution < 1.29 is 32.6 Å². The van der Waals surface area contributed by atoms with Gasteiger partial charge >= 0.3 is 12.1 Å². The summed E-state index contributed by atoms with van der Waals surface area (Å²) in [4.78, 5) is 26.4. The first-order chi connectivity index (χ1) is 12.2. The maximum atomic E-state index is 12.8. The molecule has 0 bridgehead atoms. The lowest BCUT2D eigenvalue weighted by Crippen LogP contribution is -2.54. The summed E-state index contributed by atoms with van der Waals surface area (Å²) in [5.74, 6) is -0.885. The van der Waals surface area contributed by atoms with Crippen molar-refractivity contribution in [3.8, 4) is 0 Å². The molecule has 3 saturated heterocycles. The SMILES string of the molecule is CN1CCC2(CCCN2C(=O)C2[C@H]3COC[C@@H]23)CC1.O=C(O)C(F)(F)F. The van der Waals surface area contributed by atoms with Crippen molar-refractivity contribution >= 4 is 11.9 Å². The minimum atomic E-state index is -5.08. The summed E-state index contributed by atoms with van der Waals surface area (Å²) in [7, 11) is 2.19. The Bertz CT molecular complexity index is 551. The Morgan fingerprint density at radius 3 is 2.12 bits per heavy atom. The highest BCUT2D eigenvalue weighted by molar-refractivity contribution is 5.83. The number of carboxylic acids is 1. The third-order valence-electron chi connectivity index (χ3n) is 6.26. The number of likely N-dealkylation sites (tertiary alicyclic amines) is 2. The van der Waals surface area contributed by atoms with Crippen LogP contribution in [0.5, 0.6) is 0 Å². The van der Waals surface area contributed by atoms with Gasteiger partial charge in [0.05, 0.1) is 13.2 Å². The van der Waals surface area contributed by atoms with Crippen LogP contribution in [0.15, 0.2) is 0 Å². The molecule has 1 saturated carbocycles. The highest BCUT2D eigenvalue weighted by Crippen LogP contribution is 2.53. The predicted molar refractivity (Wildman–Crippen MR) is 85.4 cm³/mol. The number of nitrogens with zero attached hydrogens (tertiary/aromatic N) is 2. The lowest BCUT2D eigenvalue weighted by atomic mass is 9.85. The van der Waals surface area contributed by atoms with E-state index in [0.29, 0.717) is 23.7 Å². The maximum absolute atomic E-state index is 12.8. The molecule has 4 fully saturated rings. The molecule has 148 valence electrons. The number of carbonyl (C=O) groups excluding carboxylic acids is 1. The topological polar surface area (TPSA) is 70.1 Å². The molecule has 0 aromatic rings. The Kier molecular flexibility index (Phi) is 5.22. The molecule has 3 aliphatic heterocycles.